The van der Waals surface area contributed by atoms with Crippen molar-refractivity contribution in [2.45, 2.75) is 140 Å². The van der Waals surface area contributed by atoms with Gasteiger partial charge >= 0.3 is 0 Å². The van der Waals surface area contributed by atoms with E-state index in [4.69, 9.17) is 9.97 Å². The largest absolute Gasteiger partial charge is 0.304 e. The Morgan fingerprint density at radius 1 is 0.528 bits per heavy atom. The Morgan fingerprint density at radius 2 is 0.962 bits per heavy atom. The fourth-order valence-electron chi connectivity index (χ4n) is 16.3. The van der Waals surface area contributed by atoms with E-state index in [1.807, 2.05) is 0 Å². The molecule has 10 unspecified atom stereocenters. The topological polar surface area (TPSA) is 30.2 Å². The van der Waals surface area contributed by atoms with Crippen molar-refractivity contribution in [2.24, 2.45) is 34.5 Å². The van der Waals surface area contributed by atoms with E-state index >= 15 is 0 Å². The van der Waals surface area contributed by atoms with Gasteiger partial charge in [-0.15, -0.1) is 0 Å². The number of aromatic nitrogens is 3. The second-order valence-electron chi connectivity index (χ2n) is 22.4. The molecule has 2 aromatic carbocycles. The summed E-state index contributed by atoms with van der Waals surface area (Å²) in [6, 6.07) is 16.6. The molecule has 6 bridgehead atoms. The number of benzene rings is 2. The highest BCUT2D eigenvalue weighted by atomic mass is 15.0. The SMILES string of the molecule is CC(C)(C)c1nc2c(c3c4cc(-c5ccccc5)cc5c6c7c(nc(C(C)(C)C)c6n(c13)c45)C1CC3CC4CC7CC34C1)C1CC3CC4CC2CC43C1. The van der Waals surface area contributed by atoms with Gasteiger partial charge in [0.15, 0.2) is 0 Å². The molecule has 4 heterocycles. The Hall–Kier alpha value is -3.46. The maximum atomic E-state index is 6.04. The molecule has 0 radical (unpaired) electrons. The predicted molar refractivity (Wildman–Crippen MR) is 215 cm³/mol. The number of hydrogen-bond donors (Lipinski definition) is 0. The van der Waals surface area contributed by atoms with Crippen LogP contribution in [0.2, 0.25) is 0 Å². The molecule has 14 rings (SSSR count). The fourth-order valence-corrected chi connectivity index (χ4v) is 16.3. The van der Waals surface area contributed by atoms with E-state index in [0.717, 1.165) is 23.7 Å². The minimum Gasteiger partial charge on any atom is -0.304 e. The molecule has 4 aromatic heterocycles. The molecule has 0 saturated heterocycles. The third-order valence-electron chi connectivity index (χ3n) is 18.1. The number of pyridine rings is 2. The smallest absolute Gasteiger partial charge is 0.0766 e. The van der Waals surface area contributed by atoms with Gasteiger partial charge in [0, 0.05) is 55.6 Å². The molecule has 6 saturated carbocycles. The van der Waals surface area contributed by atoms with Crippen LogP contribution in [0.3, 0.4) is 0 Å². The second kappa shape index (κ2) is 8.82. The predicted octanol–water partition coefficient (Wildman–Crippen LogP) is 12.7. The maximum absolute atomic E-state index is 6.04. The van der Waals surface area contributed by atoms with E-state index < -0.39 is 0 Å². The highest BCUT2D eigenvalue weighted by molar-refractivity contribution is 6.26. The van der Waals surface area contributed by atoms with Gasteiger partial charge in [-0.05, 0) is 145 Å². The minimum absolute atomic E-state index is 0.0883. The summed E-state index contributed by atoms with van der Waals surface area (Å²) in [4.78, 5) is 12.1. The van der Waals surface area contributed by atoms with Crippen LogP contribution in [0, 0.1) is 34.5 Å². The Labute approximate surface area is 313 Å². The average Bonchev–Trinajstić information content (AvgIpc) is 3.90. The van der Waals surface area contributed by atoms with Gasteiger partial charge in [0.05, 0.1) is 27.9 Å². The third-order valence-corrected chi connectivity index (χ3v) is 18.1. The van der Waals surface area contributed by atoms with E-state index in [2.05, 4.69) is 88.4 Å². The zero-order valence-electron chi connectivity index (χ0n) is 32.6. The molecule has 2 spiro atoms. The molecule has 10 atom stereocenters. The maximum Gasteiger partial charge on any atom is 0.0766 e. The van der Waals surface area contributed by atoms with Crippen LogP contribution in [0.25, 0.3) is 49.2 Å². The summed E-state index contributed by atoms with van der Waals surface area (Å²) in [6.45, 7) is 14.6. The van der Waals surface area contributed by atoms with Gasteiger partial charge in [-0.2, -0.15) is 0 Å². The van der Waals surface area contributed by atoms with Gasteiger partial charge in [-0.1, -0.05) is 71.9 Å². The summed E-state index contributed by atoms with van der Waals surface area (Å²) in [6.07, 6.45) is 14.1. The first kappa shape index (κ1) is 29.8. The summed E-state index contributed by atoms with van der Waals surface area (Å²) in [5.74, 6) is 6.30. The molecule has 3 nitrogen and oxygen atoms in total. The second-order valence-corrected chi connectivity index (χ2v) is 22.4. The van der Waals surface area contributed by atoms with E-state index in [1.165, 1.54) is 125 Å². The highest BCUT2D eigenvalue weighted by Gasteiger charge is 2.67. The van der Waals surface area contributed by atoms with Crippen molar-refractivity contribution in [1.82, 2.24) is 14.4 Å². The van der Waals surface area contributed by atoms with Crippen molar-refractivity contribution >= 4 is 38.1 Å². The molecular formula is C50H53N3. The molecule has 0 N–H and O–H groups in total. The molecule has 0 aliphatic heterocycles. The first-order chi connectivity index (χ1) is 25.4. The highest BCUT2D eigenvalue weighted by Crippen LogP contribution is 2.78. The van der Waals surface area contributed by atoms with Crippen LogP contribution in [-0.4, -0.2) is 14.4 Å². The Morgan fingerprint density at radius 3 is 1.42 bits per heavy atom. The fraction of sp³-hybridized carbons (Fsp3) is 0.560. The van der Waals surface area contributed by atoms with Crippen molar-refractivity contribution in [2.75, 3.05) is 0 Å². The molecule has 8 aliphatic carbocycles. The molecule has 6 aromatic rings. The Bertz CT molecular complexity index is 2510. The number of hydrogen-bond acceptors (Lipinski definition) is 2. The van der Waals surface area contributed by atoms with E-state index in [-0.39, 0.29) is 10.8 Å². The molecule has 6 fully saturated rings. The summed E-state index contributed by atoms with van der Waals surface area (Å²) >= 11 is 0. The normalized spacial score (nSPS) is 37.0. The van der Waals surface area contributed by atoms with Gasteiger partial charge < -0.3 is 4.40 Å². The van der Waals surface area contributed by atoms with Crippen LogP contribution in [0.15, 0.2) is 42.5 Å². The zero-order valence-corrected chi connectivity index (χ0v) is 32.6. The van der Waals surface area contributed by atoms with E-state index in [1.54, 1.807) is 21.9 Å². The summed E-state index contributed by atoms with van der Waals surface area (Å²) in [5, 5.41) is 6.13. The molecule has 268 valence electrons. The van der Waals surface area contributed by atoms with Crippen LogP contribution in [0.4, 0.5) is 0 Å². The van der Waals surface area contributed by atoms with Crippen LogP contribution in [0.1, 0.15) is 163 Å². The number of rotatable bonds is 1. The van der Waals surface area contributed by atoms with Gasteiger partial charge in [-0.3, -0.25) is 9.97 Å². The summed E-state index contributed by atoms with van der Waals surface area (Å²) in [7, 11) is 0. The van der Waals surface area contributed by atoms with Gasteiger partial charge in [0.2, 0.25) is 0 Å². The molecule has 0 amide bonds. The summed E-state index contributed by atoms with van der Waals surface area (Å²) in [5.41, 5.74) is 17.1. The van der Waals surface area contributed by atoms with Gasteiger partial charge in [-0.25, -0.2) is 0 Å². The lowest BCUT2D eigenvalue weighted by Gasteiger charge is -2.48. The van der Waals surface area contributed by atoms with Crippen molar-refractivity contribution in [3.05, 3.63) is 76.4 Å². The van der Waals surface area contributed by atoms with Crippen LogP contribution in [0.5, 0.6) is 0 Å². The minimum atomic E-state index is -0.0883. The first-order valence-corrected chi connectivity index (χ1v) is 21.6. The number of fused-ring (bicyclic) bond motifs is 18. The van der Waals surface area contributed by atoms with Crippen LogP contribution >= 0.6 is 0 Å². The quantitative estimate of drug-likeness (QED) is 0.171. The van der Waals surface area contributed by atoms with Crippen LogP contribution < -0.4 is 0 Å². The molecule has 53 heavy (non-hydrogen) atoms. The lowest BCUT2D eigenvalue weighted by molar-refractivity contribution is 0.00321. The standard InChI is InChI=1S/C50H53N3/c1-47(2,3)45-43-38(36-26-12-30-18-32-14-28(40(36)51-45)22-49(30,32)20-26)34-16-25(24-10-8-7-9-11-24)17-35-39-37-27-13-31-19-33-15-29(23-50(31,33)21-27)41(37)52-46(48(4,5)6)44(39)53(43)42(34)35/h7-11,16-17,26-33H,12-15,18-23H2,1-6H3. The van der Waals surface area contributed by atoms with Gasteiger partial charge in [0.1, 0.15) is 0 Å². The third kappa shape index (κ3) is 3.23. The van der Waals surface area contributed by atoms with Gasteiger partial charge in [0.25, 0.3) is 0 Å². The lowest BCUT2D eigenvalue weighted by atomic mass is 9.56. The first-order valence-electron chi connectivity index (χ1n) is 21.6. The zero-order chi connectivity index (χ0) is 35.3. The van der Waals surface area contributed by atoms with Crippen LogP contribution in [-0.2, 0) is 10.8 Å². The Balaban J connectivity index is 1.22. The summed E-state index contributed by atoms with van der Waals surface area (Å²) < 4.78 is 2.81. The van der Waals surface area contributed by atoms with Crippen molar-refractivity contribution in [1.29, 1.82) is 0 Å². The monoisotopic (exact) mass is 695 g/mol. The number of nitrogens with zero attached hydrogens (tertiary/aromatic N) is 3. The van der Waals surface area contributed by atoms with Crippen molar-refractivity contribution < 1.29 is 0 Å². The Kier molecular flexibility index (Phi) is 4.97. The van der Waals surface area contributed by atoms with Crippen molar-refractivity contribution in [3.8, 4) is 11.1 Å². The lowest BCUT2D eigenvalue weighted by Crippen LogP contribution is -2.41. The molecular weight excluding hydrogens is 643 g/mol. The van der Waals surface area contributed by atoms with E-state index in [0.29, 0.717) is 34.5 Å². The van der Waals surface area contributed by atoms with E-state index in [9.17, 15) is 0 Å². The molecule has 3 heteroatoms. The molecule has 8 aliphatic rings. The van der Waals surface area contributed by atoms with Crippen molar-refractivity contribution in [3.63, 3.8) is 0 Å². The average molecular weight is 696 g/mol.